The summed E-state index contributed by atoms with van der Waals surface area (Å²) < 4.78 is 0. The maximum atomic E-state index is 11.5. The number of nitro groups is 1. The second kappa shape index (κ2) is 7.41. The molecule has 0 unspecified atom stereocenters. The van der Waals surface area contributed by atoms with Crippen LogP contribution in [0.25, 0.3) is 0 Å². The van der Waals surface area contributed by atoms with Crippen LogP contribution < -0.4 is 16.0 Å². The highest BCUT2D eigenvalue weighted by molar-refractivity contribution is 5.71. The zero-order valence-electron chi connectivity index (χ0n) is 15.1. The fourth-order valence-corrected chi connectivity index (χ4v) is 4.19. The molecular formula is C17H28N6O2. The second-order valence-electron chi connectivity index (χ2n) is 7.69. The molecule has 8 nitrogen and oxygen atoms in total. The summed E-state index contributed by atoms with van der Waals surface area (Å²) in [5, 5.41) is 14.9. The van der Waals surface area contributed by atoms with Gasteiger partial charge in [0.2, 0.25) is 17.6 Å². The molecule has 1 saturated carbocycles. The Labute approximate surface area is 148 Å². The maximum Gasteiger partial charge on any atom is 0.353 e. The molecule has 1 aromatic heterocycles. The summed E-state index contributed by atoms with van der Waals surface area (Å²) >= 11 is 0. The van der Waals surface area contributed by atoms with E-state index in [4.69, 9.17) is 5.73 Å². The van der Waals surface area contributed by atoms with Gasteiger partial charge in [0.1, 0.15) is 0 Å². The van der Waals surface area contributed by atoms with Gasteiger partial charge in [-0.25, -0.2) is 0 Å². The lowest BCUT2D eigenvalue weighted by molar-refractivity contribution is -0.383. The van der Waals surface area contributed by atoms with E-state index in [1.807, 2.05) is 4.90 Å². The first kappa shape index (κ1) is 17.7. The molecule has 3 rings (SSSR count). The van der Waals surface area contributed by atoms with E-state index in [2.05, 4.69) is 29.1 Å². The molecule has 1 aliphatic heterocycles. The van der Waals surface area contributed by atoms with Crippen molar-refractivity contribution < 1.29 is 4.92 Å². The third-order valence-electron chi connectivity index (χ3n) is 5.18. The molecule has 0 amide bonds. The van der Waals surface area contributed by atoms with Gasteiger partial charge in [-0.2, -0.15) is 9.97 Å². The second-order valence-corrected chi connectivity index (χ2v) is 7.69. The van der Waals surface area contributed by atoms with Crippen molar-refractivity contribution >= 4 is 23.3 Å². The van der Waals surface area contributed by atoms with E-state index in [-0.39, 0.29) is 11.5 Å². The normalized spacial score (nSPS) is 25.0. The van der Waals surface area contributed by atoms with E-state index in [1.165, 1.54) is 19.3 Å². The molecule has 0 bridgehead atoms. The Morgan fingerprint density at radius 3 is 2.40 bits per heavy atom. The molecule has 2 fully saturated rings. The van der Waals surface area contributed by atoms with Gasteiger partial charge < -0.3 is 16.0 Å². The van der Waals surface area contributed by atoms with Gasteiger partial charge >= 0.3 is 5.69 Å². The van der Waals surface area contributed by atoms with Gasteiger partial charge in [0, 0.05) is 19.1 Å². The van der Waals surface area contributed by atoms with Gasteiger partial charge in [0.25, 0.3) is 0 Å². The van der Waals surface area contributed by atoms with E-state index in [0.717, 1.165) is 32.4 Å². The van der Waals surface area contributed by atoms with Gasteiger partial charge in [-0.1, -0.05) is 33.1 Å². The first-order chi connectivity index (χ1) is 11.9. The number of hydrogen-bond donors (Lipinski definition) is 2. The minimum Gasteiger partial charge on any atom is -0.378 e. The van der Waals surface area contributed by atoms with Crippen LogP contribution in [0.3, 0.4) is 0 Å². The monoisotopic (exact) mass is 348 g/mol. The van der Waals surface area contributed by atoms with E-state index in [0.29, 0.717) is 29.6 Å². The van der Waals surface area contributed by atoms with Gasteiger partial charge in [0.15, 0.2) is 0 Å². The zero-order chi connectivity index (χ0) is 18.0. The number of nitrogen functional groups attached to an aromatic ring is 1. The molecule has 2 aliphatic rings. The molecule has 138 valence electrons. The Morgan fingerprint density at radius 2 is 1.80 bits per heavy atom. The van der Waals surface area contributed by atoms with Crippen LogP contribution in [-0.2, 0) is 0 Å². The standard InChI is InChI=1S/C17H28N6O2/c1-11-8-12(2)10-22(9-11)16-14(23(24)25)15(18)20-17(21-16)19-13-6-4-3-5-7-13/h11-13H,3-10H2,1-2H3,(H3,18,19,20,21)/t11-,12+. The summed E-state index contributed by atoms with van der Waals surface area (Å²) in [5.41, 5.74) is 5.77. The van der Waals surface area contributed by atoms with Crippen molar-refractivity contribution in [3.63, 3.8) is 0 Å². The fraction of sp³-hybridized carbons (Fsp3) is 0.765. The van der Waals surface area contributed by atoms with Crippen LogP contribution in [-0.4, -0.2) is 34.0 Å². The average molecular weight is 348 g/mol. The topological polar surface area (TPSA) is 110 Å². The molecule has 1 aromatic rings. The van der Waals surface area contributed by atoms with Crippen LogP contribution in [0.2, 0.25) is 0 Å². The highest BCUT2D eigenvalue weighted by atomic mass is 16.6. The molecule has 2 heterocycles. The molecule has 1 aliphatic carbocycles. The van der Waals surface area contributed by atoms with Gasteiger partial charge in [-0.05, 0) is 31.1 Å². The number of nitrogens with zero attached hydrogens (tertiary/aromatic N) is 4. The van der Waals surface area contributed by atoms with Crippen LogP contribution >= 0.6 is 0 Å². The largest absolute Gasteiger partial charge is 0.378 e. The van der Waals surface area contributed by atoms with E-state index in [9.17, 15) is 10.1 Å². The van der Waals surface area contributed by atoms with Gasteiger partial charge in [-0.3, -0.25) is 10.1 Å². The molecule has 2 atom stereocenters. The zero-order valence-corrected chi connectivity index (χ0v) is 15.1. The van der Waals surface area contributed by atoms with Crippen molar-refractivity contribution in [1.29, 1.82) is 0 Å². The van der Waals surface area contributed by atoms with E-state index in [1.54, 1.807) is 0 Å². The van der Waals surface area contributed by atoms with Crippen LogP contribution in [0, 0.1) is 22.0 Å². The van der Waals surface area contributed by atoms with Crippen LogP contribution in [0.15, 0.2) is 0 Å². The summed E-state index contributed by atoms with van der Waals surface area (Å²) in [6, 6.07) is 0.321. The predicted molar refractivity (Wildman–Crippen MR) is 98.8 cm³/mol. The fourth-order valence-electron chi connectivity index (χ4n) is 4.19. The number of anilines is 3. The van der Waals surface area contributed by atoms with Crippen LogP contribution in [0.4, 0.5) is 23.3 Å². The predicted octanol–water partition coefficient (Wildman–Crippen LogP) is 3.19. The number of nitrogens with one attached hydrogen (secondary N) is 1. The Morgan fingerprint density at radius 1 is 1.16 bits per heavy atom. The average Bonchev–Trinajstić information content (AvgIpc) is 2.54. The van der Waals surface area contributed by atoms with Crippen molar-refractivity contribution in [2.24, 2.45) is 11.8 Å². The van der Waals surface area contributed by atoms with Crippen molar-refractivity contribution in [3.8, 4) is 0 Å². The van der Waals surface area contributed by atoms with Crippen LogP contribution in [0.1, 0.15) is 52.4 Å². The SMILES string of the molecule is C[C@@H]1C[C@H](C)CN(c2nc(NC3CCCCC3)nc(N)c2[N+](=O)[O-])C1. The molecule has 3 N–H and O–H groups in total. The number of piperidine rings is 1. The first-order valence-corrected chi connectivity index (χ1v) is 9.27. The molecule has 25 heavy (non-hydrogen) atoms. The highest BCUT2D eigenvalue weighted by Crippen LogP contribution is 2.35. The minimum absolute atomic E-state index is 0.0563. The Bertz CT molecular complexity index is 622. The van der Waals surface area contributed by atoms with E-state index < -0.39 is 4.92 Å². The lowest BCUT2D eigenvalue weighted by atomic mass is 9.92. The van der Waals surface area contributed by atoms with Crippen molar-refractivity contribution in [1.82, 2.24) is 9.97 Å². The van der Waals surface area contributed by atoms with Gasteiger partial charge in [0.05, 0.1) is 4.92 Å². The summed E-state index contributed by atoms with van der Waals surface area (Å²) in [4.78, 5) is 21.8. The maximum absolute atomic E-state index is 11.5. The Kier molecular flexibility index (Phi) is 5.24. The molecule has 0 spiro atoms. The van der Waals surface area contributed by atoms with Crippen molar-refractivity contribution in [2.45, 2.75) is 58.4 Å². The lowest BCUT2D eigenvalue weighted by Crippen LogP contribution is -2.40. The number of aromatic nitrogens is 2. The third-order valence-corrected chi connectivity index (χ3v) is 5.18. The summed E-state index contributed by atoms with van der Waals surface area (Å²) in [7, 11) is 0. The Hall–Kier alpha value is -2.12. The lowest BCUT2D eigenvalue weighted by Gasteiger charge is -2.35. The summed E-state index contributed by atoms with van der Waals surface area (Å²) in [6.45, 7) is 5.84. The number of nitrogens with two attached hydrogens (primary N) is 1. The molecule has 1 saturated heterocycles. The highest BCUT2D eigenvalue weighted by Gasteiger charge is 2.32. The number of rotatable bonds is 4. The smallest absolute Gasteiger partial charge is 0.353 e. The van der Waals surface area contributed by atoms with E-state index >= 15 is 0 Å². The first-order valence-electron chi connectivity index (χ1n) is 9.27. The molecule has 0 radical (unpaired) electrons. The molecule has 8 heteroatoms. The summed E-state index contributed by atoms with van der Waals surface area (Å²) in [6.07, 6.45) is 6.91. The van der Waals surface area contributed by atoms with Crippen molar-refractivity contribution in [2.75, 3.05) is 29.0 Å². The van der Waals surface area contributed by atoms with Gasteiger partial charge in [-0.15, -0.1) is 0 Å². The molecular weight excluding hydrogens is 320 g/mol. The van der Waals surface area contributed by atoms with Crippen LogP contribution in [0.5, 0.6) is 0 Å². The molecule has 0 aromatic carbocycles. The third kappa shape index (κ3) is 4.11. The Balaban J connectivity index is 1.91. The number of hydrogen-bond acceptors (Lipinski definition) is 7. The minimum atomic E-state index is -0.459. The quantitative estimate of drug-likeness (QED) is 0.635. The summed E-state index contributed by atoms with van der Waals surface area (Å²) in [5.74, 6) is 1.65. The van der Waals surface area contributed by atoms with Crippen molar-refractivity contribution in [3.05, 3.63) is 10.1 Å².